The smallest absolute Gasteiger partial charge is 0.317 e. The molecule has 1 unspecified atom stereocenters. The summed E-state index contributed by atoms with van der Waals surface area (Å²) >= 11 is 0. The van der Waals surface area contributed by atoms with Gasteiger partial charge in [-0.05, 0) is 37.1 Å². The van der Waals surface area contributed by atoms with Gasteiger partial charge in [-0.25, -0.2) is 9.37 Å². The summed E-state index contributed by atoms with van der Waals surface area (Å²) in [7, 11) is 0. The van der Waals surface area contributed by atoms with Gasteiger partial charge >= 0.3 is 6.18 Å². The summed E-state index contributed by atoms with van der Waals surface area (Å²) in [6, 6.07) is 3.14. The van der Waals surface area contributed by atoms with Crippen LogP contribution in [-0.2, 0) is 15.3 Å². The van der Waals surface area contributed by atoms with E-state index in [9.17, 15) is 27.2 Å². The van der Waals surface area contributed by atoms with Crippen LogP contribution in [0.5, 0.6) is 0 Å². The van der Waals surface area contributed by atoms with Gasteiger partial charge in [0, 0.05) is 26.1 Å². The molecular weight excluding hydrogens is 394 g/mol. The maximum absolute atomic E-state index is 14.2. The van der Waals surface area contributed by atoms with E-state index in [-0.39, 0.29) is 43.0 Å². The van der Waals surface area contributed by atoms with Gasteiger partial charge in [0.15, 0.2) is 0 Å². The minimum absolute atomic E-state index is 0.0853. The molecule has 1 saturated heterocycles. The number of nitrogens with zero attached hydrogens (tertiary/aromatic N) is 3. The lowest BCUT2D eigenvalue weighted by Gasteiger charge is -2.35. The Labute approximate surface area is 163 Å². The van der Waals surface area contributed by atoms with Gasteiger partial charge in [0.05, 0.1) is 11.0 Å². The standard InChI is InChI=1S/C18H19F4N5O2/c1-9-5-12-13(6-10(9)2)27-16(23-12)24-15(29)17(27,18(20,21)22)25-14(28)3-4-26-7-11(19)8-26/h5-6,11H,3-4,7-8H2,1-2H3,(H,25,28)(H,23,24,29). The zero-order valence-corrected chi connectivity index (χ0v) is 15.7. The van der Waals surface area contributed by atoms with Crippen molar-refractivity contribution < 1.29 is 27.2 Å². The van der Waals surface area contributed by atoms with E-state index in [1.165, 1.54) is 6.07 Å². The zero-order valence-electron chi connectivity index (χ0n) is 15.7. The van der Waals surface area contributed by atoms with Crippen molar-refractivity contribution in [1.82, 2.24) is 19.8 Å². The molecular formula is C18H19F4N5O2. The molecule has 11 heteroatoms. The highest BCUT2D eigenvalue weighted by molar-refractivity contribution is 6.05. The third-order valence-electron chi connectivity index (χ3n) is 5.46. The fourth-order valence-corrected chi connectivity index (χ4v) is 3.70. The number of alkyl halides is 4. The van der Waals surface area contributed by atoms with Crippen molar-refractivity contribution in [2.45, 2.75) is 38.3 Å². The lowest BCUT2D eigenvalue weighted by Crippen LogP contribution is -2.63. The van der Waals surface area contributed by atoms with Gasteiger partial charge in [-0.2, -0.15) is 13.2 Å². The van der Waals surface area contributed by atoms with E-state index in [1.807, 2.05) is 5.32 Å². The first-order valence-electron chi connectivity index (χ1n) is 9.08. The SMILES string of the molecule is Cc1cc2nc3n(c2cc1C)C(NC(=O)CCN1CC(F)C1)(C(F)(F)F)C(=O)N3. The van der Waals surface area contributed by atoms with Crippen molar-refractivity contribution in [2.75, 3.05) is 25.0 Å². The summed E-state index contributed by atoms with van der Waals surface area (Å²) in [5, 5.41) is 4.03. The van der Waals surface area contributed by atoms with E-state index in [2.05, 4.69) is 10.3 Å². The van der Waals surface area contributed by atoms with Crippen LogP contribution in [0, 0.1) is 13.8 Å². The number of amides is 2. The van der Waals surface area contributed by atoms with E-state index in [0.717, 1.165) is 11.1 Å². The van der Waals surface area contributed by atoms with Crippen LogP contribution in [-0.4, -0.2) is 58.2 Å². The highest BCUT2D eigenvalue weighted by Gasteiger charge is 2.67. The van der Waals surface area contributed by atoms with Crippen molar-refractivity contribution >= 4 is 28.8 Å². The monoisotopic (exact) mass is 413 g/mol. The number of fused-ring (bicyclic) bond motifs is 3. The minimum Gasteiger partial charge on any atom is -0.317 e. The molecule has 156 valence electrons. The molecule has 7 nitrogen and oxygen atoms in total. The van der Waals surface area contributed by atoms with Crippen LogP contribution in [0.15, 0.2) is 12.1 Å². The lowest BCUT2D eigenvalue weighted by atomic mass is 10.1. The quantitative estimate of drug-likeness (QED) is 0.752. The Morgan fingerprint density at radius 2 is 1.97 bits per heavy atom. The Hall–Kier alpha value is -2.69. The fraction of sp³-hybridized carbons (Fsp3) is 0.500. The van der Waals surface area contributed by atoms with Crippen LogP contribution in [0.3, 0.4) is 0 Å². The Kier molecular flexibility index (Phi) is 4.34. The molecule has 3 heterocycles. The van der Waals surface area contributed by atoms with Gasteiger partial charge in [0.25, 0.3) is 11.6 Å². The molecule has 2 N–H and O–H groups in total. The maximum Gasteiger partial charge on any atom is 0.440 e. The van der Waals surface area contributed by atoms with Gasteiger partial charge < -0.3 is 5.32 Å². The molecule has 0 radical (unpaired) electrons. The number of imidazole rings is 1. The molecule has 0 spiro atoms. The van der Waals surface area contributed by atoms with E-state index < -0.39 is 29.8 Å². The highest BCUT2D eigenvalue weighted by Crippen LogP contribution is 2.44. The second-order valence-corrected chi connectivity index (χ2v) is 7.51. The van der Waals surface area contributed by atoms with E-state index in [1.54, 1.807) is 24.8 Å². The molecule has 0 aliphatic carbocycles. The van der Waals surface area contributed by atoms with Crippen LogP contribution in [0.1, 0.15) is 17.5 Å². The molecule has 1 aromatic carbocycles. The summed E-state index contributed by atoms with van der Waals surface area (Å²) in [5.41, 5.74) is -1.38. The first-order valence-corrected chi connectivity index (χ1v) is 9.08. The Bertz CT molecular complexity index is 1010. The first-order chi connectivity index (χ1) is 13.5. The molecule has 1 fully saturated rings. The second-order valence-electron chi connectivity index (χ2n) is 7.51. The molecule has 0 saturated carbocycles. The number of carbonyl (C=O) groups is 2. The Morgan fingerprint density at radius 3 is 2.59 bits per heavy atom. The van der Waals surface area contributed by atoms with Crippen molar-refractivity contribution in [2.24, 2.45) is 0 Å². The molecule has 29 heavy (non-hydrogen) atoms. The van der Waals surface area contributed by atoms with Crippen molar-refractivity contribution in [3.63, 3.8) is 0 Å². The van der Waals surface area contributed by atoms with Crippen LogP contribution in [0.4, 0.5) is 23.5 Å². The predicted octanol–water partition coefficient (Wildman–Crippen LogP) is 1.98. The Balaban J connectivity index is 1.72. The summed E-state index contributed by atoms with van der Waals surface area (Å²) in [4.78, 5) is 30.6. The molecule has 2 aliphatic rings. The number of nitrogens with one attached hydrogen (secondary N) is 2. The van der Waals surface area contributed by atoms with Crippen molar-refractivity contribution in [3.8, 4) is 0 Å². The lowest BCUT2D eigenvalue weighted by molar-refractivity contribution is -0.217. The van der Waals surface area contributed by atoms with Gasteiger partial charge in [-0.15, -0.1) is 0 Å². The average molecular weight is 413 g/mol. The normalized spacial score (nSPS) is 22.5. The Morgan fingerprint density at radius 1 is 1.31 bits per heavy atom. The summed E-state index contributed by atoms with van der Waals surface area (Å²) in [5.74, 6) is -2.66. The zero-order chi connectivity index (χ0) is 21.1. The molecule has 2 aliphatic heterocycles. The molecule has 0 bridgehead atoms. The van der Waals surface area contributed by atoms with Gasteiger partial charge in [0.2, 0.25) is 11.9 Å². The fourth-order valence-electron chi connectivity index (χ4n) is 3.70. The summed E-state index contributed by atoms with van der Waals surface area (Å²) in [6.07, 6.45) is -6.39. The number of aryl methyl sites for hydroxylation is 2. The predicted molar refractivity (Wildman–Crippen MR) is 96.0 cm³/mol. The topological polar surface area (TPSA) is 79.3 Å². The molecule has 2 amide bonds. The van der Waals surface area contributed by atoms with E-state index in [4.69, 9.17) is 0 Å². The largest absolute Gasteiger partial charge is 0.440 e. The van der Waals surface area contributed by atoms with Gasteiger partial charge in [-0.1, -0.05) is 0 Å². The summed E-state index contributed by atoms with van der Waals surface area (Å²) in [6.45, 7) is 3.93. The van der Waals surface area contributed by atoms with Crippen LogP contribution in [0.25, 0.3) is 11.0 Å². The molecule has 1 aromatic heterocycles. The number of aromatic nitrogens is 2. The number of hydrogen-bond acceptors (Lipinski definition) is 4. The van der Waals surface area contributed by atoms with Crippen LogP contribution >= 0.6 is 0 Å². The first kappa shape index (κ1) is 19.6. The van der Waals surface area contributed by atoms with Gasteiger partial charge in [0.1, 0.15) is 6.17 Å². The number of halogens is 4. The second kappa shape index (κ2) is 6.41. The van der Waals surface area contributed by atoms with Crippen molar-refractivity contribution in [3.05, 3.63) is 23.3 Å². The van der Waals surface area contributed by atoms with E-state index >= 15 is 0 Å². The van der Waals surface area contributed by atoms with E-state index in [0.29, 0.717) is 4.57 Å². The third kappa shape index (κ3) is 2.95. The number of rotatable bonds is 4. The maximum atomic E-state index is 14.2. The summed E-state index contributed by atoms with van der Waals surface area (Å²) < 4.78 is 56.3. The third-order valence-corrected chi connectivity index (χ3v) is 5.46. The number of hydrogen-bond donors (Lipinski definition) is 2. The van der Waals surface area contributed by atoms with Crippen LogP contribution in [0.2, 0.25) is 0 Å². The highest BCUT2D eigenvalue weighted by atomic mass is 19.4. The average Bonchev–Trinajstić information content (AvgIpc) is 3.05. The minimum atomic E-state index is -5.12. The number of benzene rings is 1. The number of likely N-dealkylation sites (tertiary alicyclic amines) is 1. The number of anilines is 1. The molecule has 4 rings (SSSR count). The molecule has 1 atom stereocenters. The van der Waals surface area contributed by atoms with Crippen molar-refractivity contribution in [1.29, 1.82) is 0 Å². The molecule has 2 aromatic rings. The number of carbonyl (C=O) groups excluding carboxylic acids is 2. The van der Waals surface area contributed by atoms with Crippen LogP contribution < -0.4 is 10.6 Å². The van der Waals surface area contributed by atoms with Gasteiger partial charge in [-0.3, -0.25) is 24.4 Å².